The lowest BCUT2D eigenvalue weighted by Crippen LogP contribution is -2.36. The van der Waals surface area contributed by atoms with Gasteiger partial charge in [-0.2, -0.15) is 5.10 Å². The molecule has 0 radical (unpaired) electrons. The molecule has 0 saturated carbocycles. The Labute approximate surface area is 210 Å². The van der Waals surface area contributed by atoms with Crippen molar-refractivity contribution in [3.63, 3.8) is 0 Å². The Morgan fingerprint density at radius 1 is 1.11 bits per heavy atom. The summed E-state index contributed by atoms with van der Waals surface area (Å²) < 4.78 is 11.1. The van der Waals surface area contributed by atoms with Crippen LogP contribution in [-0.2, 0) is 11.3 Å². The van der Waals surface area contributed by atoms with Gasteiger partial charge in [0, 0.05) is 36.0 Å². The fraction of sp³-hybridized carbons (Fsp3) is 0.296. The number of amides is 2. The maximum Gasteiger partial charge on any atom is 0.275 e. The zero-order chi connectivity index (χ0) is 25.5. The van der Waals surface area contributed by atoms with Crippen LogP contribution in [0.1, 0.15) is 48.3 Å². The second-order valence-corrected chi connectivity index (χ2v) is 8.29. The quantitative estimate of drug-likeness (QED) is 0.482. The van der Waals surface area contributed by atoms with E-state index in [4.69, 9.17) is 14.6 Å². The van der Waals surface area contributed by atoms with Crippen molar-refractivity contribution in [2.24, 2.45) is 11.0 Å². The molecular formula is C27H29N5O4. The molecule has 1 aliphatic heterocycles. The third-order valence-electron chi connectivity index (χ3n) is 5.92. The van der Waals surface area contributed by atoms with Crippen molar-refractivity contribution in [3.8, 4) is 11.5 Å². The van der Waals surface area contributed by atoms with Crippen molar-refractivity contribution in [1.29, 1.82) is 0 Å². The van der Waals surface area contributed by atoms with Crippen LogP contribution >= 0.6 is 0 Å². The fourth-order valence-electron chi connectivity index (χ4n) is 4.02. The zero-order valence-electron chi connectivity index (χ0n) is 20.6. The number of ether oxygens (including phenoxy) is 2. The van der Waals surface area contributed by atoms with E-state index >= 15 is 0 Å². The highest BCUT2D eigenvalue weighted by Gasteiger charge is 2.29. The standard InChI is InChI=1S/C27H29N5O4/c1-4-19-15-25(33)32(31-26(19)20-8-11-23(35-3)24(14-20)36-5-2)17-18-6-9-21(10-7-18)30-27(34)22-16-28-12-13-29-22/h6-14,16,19H,4-5,15,17H2,1-3H3,(H,30,34). The molecule has 4 rings (SSSR count). The summed E-state index contributed by atoms with van der Waals surface area (Å²) in [7, 11) is 1.61. The molecule has 36 heavy (non-hydrogen) atoms. The Morgan fingerprint density at radius 2 is 1.92 bits per heavy atom. The molecule has 2 amide bonds. The molecule has 9 heteroatoms. The van der Waals surface area contributed by atoms with Gasteiger partial charge in [0.05, 0.1) is 32.2 Å². The zero-order valence-corrected chi connectivity index (χ0v) is 20.6. The van der Waals surface area contributed by atoms with Crippen LogP contribution in [0.2, 0.25) is 0 Å². The highest BCUT2D eigenvalue weighted by Crippen LogP contribution is 2.32. The van der Waals surface area contributed by atoms with Crippen molar-refractivity contribution in [1.82, 2.24) is 15.0 Å². The molecule has 1 aromatic heterocycles. The Bertz CT molecular complexity index is 1240. The summed E-state index contributed by atoms with van der Waals surface area (Å²) in [5, 5.41) is 9.07. The summed E-state index contributed by atoms with van der Waals surface area (Å²) in [6, 6.07) is 13.0. The number of carbonyl (C=O) groups is 2. The molecule has 0 bridgehead atoms. The maximum absolute atomic E-state index is 12.9. The lowest BCUT2D eigenvalue weighted by Gasteiger charge is -2.29. The lowest BCUT2D eigenvalue weighted by atomic mass is 9.89. The van der Waals surface area contributed by atoms with E-state index < -0.39 is 0 Å². The summed E-state index contributed by atoms with van der Waals surface area (Å²) >= 11 is 0. The molecule has 186 valence electrons. The first-order chi connectivity index (χ1) is 17.5. The molecule has 0 saturated heterocycles. The number of nitrogens with zero attached hydrogens (tertiary/aromatic N) is 4. The van der Waals surface area contributed by atoms with Gasteiger partial charge in [-0.05, 0) is 49.2 Å². The van der Waals surface area contributed by atoms with Crippen molar-refractivity contribution < 1.29 is 19.1 Å². The van der Waals surface area contributed by atoms with E-state index in [0.29, 0.717) is 36.8 Å². The number of carbonyl (C=O) groups excluding carboxylic acids is 2. The van der Waals surface area contributed by atoms with E-state index in [2.05, 4.69) is 22.2 Å². The molecule has 0 fully saturated rings. The second kappa shape index (κ2) is 11.4. The Kier molecular flexibility index (Phi) is 7.89. The van der Waals surface area contributed by atoms with Crippen molar-refractivity contribution in [2.45, 2.75) is 33.2 Å². The summed E-state index contributed by atoms with van der Waals surface area (Å²) in [6.45, 7) is 4.82. The van der Waals surface area contributed by atoms with Gasteiger partial charge in [-0.25, -0.2) is 9.99 Å². The van der Waals surface area contributed by atoms with Gasteiger partial charge in [-0.3, -0.25) is 14.6 Å². The van der Waals surface area contributed by atoms with Gasteiger partial charge in [0.25, 0.3) is 5.91 Å². The number of hydrogen-bond acceptors (Lipinski definition) is 7. The Hall–Kier alpha value is -4.27. The summed E-state index contributed by atoms with van der Waals surface area (Å²) in [5.74, 6) is 0.967. The number of methoxy groups -OCH3 is 1. The smallest absolute Gasteiger partial charge is 0.275 e. The maximum atomic E-state index is 12.9. The Balaban J connectivity index is 1.52. The number of hydrogen-bond donors (Lipinski definition) is 1. The molecule has 0 spiro atoms. The number of anilines is 1. The molecule has 1 N–H and O–H groups in total. The lowest BCUT2D eigenvalue weighted by molar-refractivity contribution is -0.133. The van der Waals surface area contributed by atoms with Crippen LogP contribution in [0.5, 0.6) is 11.5 Å². The molecule has 1 aliphatic rings. The van der Waals surface area contributed by atoms with Crippen molar-refractivity contribution in [2.75, 3.05) is 19.0 Å². The average Bonchev–Trinajstić information content (AvgIpc) is 2.91. The SMILES string of the molecule is CCOc1cc(C2=NN(Cc3ccc(NC(=O)c4cnccn4)cc3)C(=O)CC2CC)ccc1OC. The molecule has 1 atom stereocenters. The third kappa shape index (κ3) is 5.68. The van der Waals surface area contributed by atoms with Gasteiger partial charge in [0.15, 0.2) is 11.5 Å². The molecule has 9 nitrogen and oxygen atoms in total. The van der Waals surface area contributed by atoms with Crippen LogP contribution in [0.3, 0.4) is 0 Å². The van der Waals surface area contributed by atoms with E-state index in [-0.39, 0.29) is 23.4 Å². The largest absolute Gasteiger partial charge is 0.493 e. The molecule has 1 unspecified atom stereocenters. The number of aromatic nitrogens is 2. The van der Waals surface area contributed by atoms with Crippen LogP contribution in [0.15, 0.2) is 66.2 Å². The van der Waals surface area contributed by atoms with Crippen LogP contribution in [0.25, 0.3) is 0 Å². The first-order valence-electron chi connectivity index (χ1n) is 11.9. The first-order valence-corrected chi connectivity index (χ1v) is 11.9. The number of nitrogens with one attached hydrogen (secondary N) is 1. The first kappa shape index (κ1) is 24.8. The topological polar surface area (TPSA) is 106 Å². The minimum Gasteiger partial charge on any atom is -0.493 e. The predicted molar refractivity (Wildman–Crippen MR) is 136 cm³/mol. The minimum atomic E-state index is -0.340. The Morgan fingerprint density at radius 3 is 2.58 bits per heavy atom. The number of benzene rings is 2. The minimum absolute atomic E-state index is 0.0234. The molecule has 2 heterocycles. The number of hydrazone groups is 1. The molecular weight excluding hydrogens is 458 g/mol. The van der Waals surface area contributed by atoms with Crippen LogP contribution < -0.4 is 14.8 Å². The van der Waals surface area contributed by atoms with E-state index in [1.54, 1.807) is 19.2 Å². The molecule has 3 aromatic rings. The van der Waals surface area contributed by atoms with Crippen LogP contribution in [-0.4, -0.2) is 46.2 Å². The van der Waals surface area contributed by atoms with Gasteiger partial charge in [0.1, 0.15) is 5.69 Å². The van der Waals surface area contributed by atoms with Gasteiger partial charge >= 0.3 is 0 Å². The van der Waals surface area contributed by atoms with Crippen molar-refractivity contribution >= 4 is 23.2 Å². The van der Waals surface area contributed by atoms with Gasteiger partial charge < -0.3 is 14.8 Å². The second-order valence-electron chi connectivity index (χ2n) is 8.29. The number of rotatable bonds is 9. The average molecular weight is 488 g/mol. The molecule has 0 aliphatic carbocycles. The highest BCUT2D eigenvalue weighted by molar-refractivity contribution is 6.06. The predicted octanol–water partition coefficient (Wildman–Crippen LogP) is 4.30. The third-order valence-corrected chi connectivity index (χ3v) is 5.92. The van der Waals surface area contributed by atoms with Gasteiger partial charge in [0.2, 0.25) is 5.91 Å². The monoisotopic (exact) mass is 487 g/mol. The van der Waals surface area contributed by atoms with Crippen molar-refractivity contribution in [3.05, 3.63) is 77.9 Å². The van der Waals surface area contributed by atoms with Crippen LogP contribution in [0, 0.1) is 5.92 Å². The van der Waals surface area contributed by atoms with Gasteiger partial charge in [-0.15, -0.1) is 0 Å². The summed E-state index contributed by atoms with van der Waals surface area (Å²) in [5.41, 5.74) is 3.51. The summed E-state index contributed by atoms with van der Waals surface area (Å²) in [6.07, 6.45) is 5.57. The van der Waals surface area contributed by atoms with E-state index in [9.17, 15) is 9.59 Å². The van der Waals surface area contributed by atoms with Crippen LogP contribution in [0.4, 0.5) is 5.69 Å². The van der Waals surface area contributed by atoms with E-state index in [1.807, 2.05) is 37.3 Å². The fourth-order valence-corrected chi connectivity index (χ4v) is 4.02. The van der Waals surface area contributed by atoms with E-state index in [1.165, 1.54) is 23.6 Å². The van der Waals surface area contributed by atoms with Gasteiger partial charge in [-0.1, -0.05) is 19.1 Å². The van der Waals surface area contributed by atoms with E-state index in [0.717, 1.165) is 23.3 Å². The normalized spacial score (nSPS) is 15.3. The molecule has 2 aromatic carbocycles. The summed E-state index contributed by atoms with van der Waals surface area (Å²) in [4.78, 5) is 33.1. The highest BCUT2D eigenvalue weighted by atomic mass is 16.5.